The summed E-state index contributed by atoms with van der Waals surface area (Å²) in [6, 6.07) is 14.1. The number of rotatable bonds is 13. The molecule has 0 atom stereocenters. The molecule has 0 saturated carbocycles. The predicted octanol–water partition coefficient (Wildman–Crippen LogP) is 2.80. The van der Waals surface area contributed by atoms with Crippen LogP contribution in [0.2, 0.25) is 0 Å². The molecule has 2 N–H and O–H groups in total. The number of ether oxygens (including phenoxy) is 3. The molecule has 0 aliphatic carbocycles. The van der Waals surface area contributed by atoms with E-state index in [1.165, 1.54) is 12.1 Å². The van der Waals surface area contributed by atoms with Gasteiger partial charge in [-0.15, -0.1) is 0 Å². The zero-order chi connectivity index (χ0) is 28.4. The van der Waals surface area contributed by atoms with Crippen molar-refractivity contribution in [1.29, 1.82) is 0 Å². The Kier molecular flexibility index (Phi) is 10.8. The fourth-order valence-electron chi connectivity index (χ4n) is 5.15. The van der Waals surface area contributed by atoms with E-state index in [1.807, 2.05) is 24.3 Å². The standard InChI is InChI=1S/C29H41N3O7S/c1-2-3-18-37-25-7-9-27(10-8-25)40(34,35)29(28(33)39-30)11-13-32(14-12-29)23-24-5-4-6-26(22-24)38-21-17-31-15-19-36-20-16-31/h4-10,22H,2-3,11-21,23,30H2,1H3. The van der Waals surface area contributed by atoms with Gasteiger partial charge in [0, 0.05) is 39.3 Å². The molecule has 2 aliphatic rings. The number of unbranched alkanes of at least 4 members (excludes halogenated alkanes) is 1. The van der Waals surface area contributed by atoms with E-state index < -0.39 is 20.6 Å². The van der Waals surface area contributed by atoms with Crippen molar-refractivity contribution in [2.24, 2.45) is 5.90 Å². The third kappa shape index (κ3) is 7.32. The molecule has 0 radical (unpaired) electrons. The summed E-state index contributed by atoms with van der Waals surface area (Å²) in [4.78, 5) is 21.9. The Bertz CT molecular complexity index is 1190. The highest BCUT2D eigenvalue weighted by atomic mass is 32.2. The van der Waals surface area contributed by atoms with Crippen molar-refractivity contribution in [3.8, 4) is 11.5 Å². The fourth-order valence-corrected chi connectivity index (χ4v) is 7.08. The average Bonchev–Trinajstić information content (AvgIpc) is 2.98. The Balaban J connectivity index is 1.37. The molecule has 220 valence electrons. The van der Waals surface area contributed by atoms with Crippen LogP contribution in [0.25, 0.3) is 0 Å². The average molecular weight is 576 g/mol. The van der Waals surface area contributed by atoms with Crippen molar-refractivity contribution >= 4 is 15.8 Å². The molecular formula is C29H41N3O7S. The van der Waals surface area contributed by atoms with Gasteiger partial charge in [-0.2, -0.15) is 5.90 Å². The predicted molar refractivity (Wildman–Crippen MR) is 151 cm³/mol. The zero-order valence-corrected chi connectivity index (χ0v) is 24.1. The van der Waals surface area contributed by atoms with Crippen LogP contribution in [-0.2, 0) is 30.8 Å². The second kappa shape index (κ2) is 14.3. The molecule has 0 amide bonds. The molecule has 11 heteroatoms. The number of nitrogens with two attached hydrogens (primary N) is 1. The Morgan fingerprint density at radius 1 is 0.950 bits per heavy atom. The topological polar surface area (TPSA) is 121 Å². The fraction of sp³-hybridized carbons (Fsp3) is 0.552. The second-order valence-electron chi connectivity index (χ2n) is 10.3. The molecule has 0 unspecified atom stereocenters. The Labute approximate surface area is 237 Å². The molecule has 2 aromatic rings. The van der Waals surface area contributed by atoms with Gasteiger partial charge in [0.1, 0.15) is 18.1 Å². The number of piperidine rings is 1. The molecule has 4 rings (SSSR count). The maximum Gasteiger partial charge on any atom is 0.346 e. The highest BCUT2D eigenvalue weighted by molar-refractivity contribution is 7.93. The number of sulfone groups is 1. The van der Waals surface area contributed by atoms with Gasteiger partial charge in [-0.05, 0) is 61.2 Å². The summed E-state index contributed by atoms with van der Waals surface area (Å²) >= 11 is 0. The van der Waals surface area contributed by atoms with Crippen molar-refractivity contribution in [1.82, 2.24) is 9.80 Å². The Hall–Kier alpha value is -2.70. The maximum absolute atomic E-state index is 13.8. The minimum absolute atomic E-state index is 0.0520. The van der Waals surface area contributed by atoms with Crippen LogP contribution >= 0.6 is 0 Å². The highest BCUT2D eigenvalue weighted by Gasteiger charge is 2.54. The van der Waals surface area contributed by atoms with Gasteiger partial charge in [0.25, 0.3) is 0 Å². The summed E-state index contributed by atoms with van der Waals surface area (Å²) in [7, 11) is -4.07. The number of likely N-dealkylation sites (tertiary alicyclic amines) is 1. The van der Waals surface area contributed by atoms with Gasteiger partial charge in [-0.1, -0.05) is 25.5 Å². The number of morpholine rings is 1. The van der Waals surface area contributed by atoms with E-state index in [2.05, 4.69) is 21.6 Å². The summed E-state index contributed by atoms with van der Waals surface area (Å²) in [6.45, 7) is 8.85. The largest absolute Gasteiger partial charge is 0.494 e. The molecule has 2 saturated heterocycles. The van der Waals surface area contributed by atoms with Crippen molar-refractivity contribution < 1.29 is 32.3 Å². The molecule has 0 bridgehead atoms. The van der Waals surface area contributed by atoms with Gasteiger partial charge in [-0.25, -0.2) is 13.2 Å². The molecule has 2 fully saturated rings. The van der Waals surface area contributed by atoms with Crippen molar-refractivity contribution in [3.05, 3.63) is 54.1 Å². The number of hydrogen-bond acceptors (Lipinski definition) is 10. The van der Waals surface area contributed by atoms with Crippen LogP contribution < -0.4 is 15.4 Å². The van der Waals surface area contributed by atoms with Crippen molar-refractivity contribution in [3.63, 3.8) is 0 Å². The van der Waals surface area contributed by atoms with Crippen LogP contribution in [0, 0.1) is 0 Å². The molecule has 40 heavy (non-hydrogen) atoms. The molecule has 0 spiro atoms. The number of hydrogen-bond donors (Lipinski definition) is 1. The second-order valence-corrected chi connectivity index (χ2v) is 12.6. The highest BCUT2D eigenvalue weighted by Crippen LogP contribution is 2.37. The zero-order valence-electron chi connectivity index (χ0n) is 23.3. The first-order valence-electron chi connectivity index (χ1n) is 14.0. The maximum atomic E-state index is 13.8. The number of carbonyl (C=O) groups excluding carboxylic acids is 1. The first-order chi connectivity index (χ1) is 19.4. The van der Waals surface area contributed by atoms with Crippen LogP contribution in [0.3, 0.4) is 0 Å². The van der Waals surface area contributed by atoms with Crippen LogP contribution in [0.5, 0.6) is 11.5 Å². The lowest BCUT2D eigenvalue weighted by molar-refractivity contribution is -0.148. The summed E-state index contributed by atoms with van der Waals surface area (Å²) in [5, 5.41) is 0. The first-order valence-corrected chi connectivity index (χ1v) is 15.5. The van der Waals surface area contributed by atoms with Crippen LogP contribution in [0.4, 0.5) is 0 Å². The normalized spacial score (nSPS) is 18.2. The smallest absolute Gasteiger partial charge is 0.346 e. The molecule has 0 aromatic heterocycles. The monoisotopic (exact) mass is 575 g/mol. The van der Waals surface area contributed by atoms with E-state index in [4.69, 9.17) is 20.1 Å². The lowest BCUT2D eigenvalue weighted by Crippen LogP contribution is -2.55. The summed E-state index contributed by atoms with van der Waals surface area (Å²) in [6.07, 6.45) is 2.07. The van der Waals surface area contributed by atoms with E-state index in [1.54, 1.807) is 12.1 Å². The number of benzene rings is 2. The number of nitrogens with zero attached hydrogens (tertiary/aromatic N) is 2. The molecule has 2 aliphatic heterocycles. The van der Waals surface area contributed by atoms with Gasteiger partial charge in [0.15, 0.2) is 14.6 Å². The minimum Gasteiger partial charge on any atom is -0.494 e. The van der Waals surface area contributed by atoms with Crippen LogP contribution in [0.1, 0.15) is 38.2 Å². The Morgan fingerprint density at radius 2 is 1.65 bits per heavy atom. The van der Waals surface area contributed by atoms with Gasteiger partial charge < -0.3 is 19.0 Å². The number of carbonyl (C=O) groups is 1. The summed E-state index contributed by atoms with van der Waals surface area (Å²) in [5.41, 5.74) is 1.05. The molecule has 2 heterocycles. The molecular weight excluding hydrogens is 534 g/mol. The van der Waals surface area contributed by atoms with Crippen molar-refractivity contribution in [2.75, 3.05) is 59.2 Å². The van der Waals surface area contributed by atoms with Gasteiger partial charge in [-0.3, -0.25) is 9.80 Å². The third-order valence-corrected chi connectivity index (χ3v) is 10.1. The first kappa shape index (κ1) is 30.3. The Morgan fingerprint density at radius 3 is 2.33 bits per heavy atom. The SMILES string of the molecule is CCCCOc1ccc(S(=O)(=O)C2(C(=O)ON)CCN(Cc3cccc(OCCN4CCOCC4)c3)CC2)cc1. The van der Waals surface area contributed by atoms with Gasteiger partial charge >= 0.3 is 5.97 Å². The summed E-state index contributed by atoms with van der Waals surface area (Å²) in [5.74, 6) is 5.71. The minimum atomic E-state index is -4.07. The van der Waals surface area contributed by atoms with Crippen molar-refractivity contribution in [2.45, 2.75) is 48.8 Å². The summed E-state index contributed by atoms with van der Waals surface area (Å²) < 4.78 is 42.8. The lowest BCUT2D eigenvalue weighted by atomic mass is 9.95. The van der Waals surface area contributed by atoms with E-state index in [0.29, 0.717) is 38.6 Å². The molecule has 2 aromatic carbocycles. The lowest BCUT2D eigenvalue weighted by Gasteiger charge is -2.38. The third-order valence-electron chi connectivity index (χ3n) is 7.64. The van der Waals surface area contributed by atoms with Gasteiger partial charge in [0.05, 0.1) is 24.7 Å². The van der Waals surface area contributed by atoms with E-state index in [9.17, 15) is 13.2 Å². The van der Waals surface area contributed by atoms with Crippen LogP contribution in [0.15, 0.2) is 53.4 Å². The van der Waals surface area contributed by atoms with E-state index >= 15 is 0 Å². The van der Waals surface area contributed by atoms with E-state index in [-0.39, 0.29) is 17.7 Å². The van der Waals surface area contributed by atoms with Gasteiger partial charge in [0.2, 0.25) is 0 Å². The quantitative estimate of drug-likeness (QED) is 0.282. The van der Waals surface area contributed by atoms with Crippen LogP contribution in [-0.4, -0.2) is 88.1 Å². The molecule has 10 nitrogen and oxygen atoms in total. The van der Waals surface area contributed by atoms with E-state index in [0.717, 1.165) is 57.0 Å².